The fraction of sp³-hybridized carbons (Fsp3) is 0.480. The van der Waals surface area contributed by atoms with Gasteiger partial charge in [0.25, 0.3) is 5.91 Å². The van der Waals surface area contributed by atoms with Gasteiger partial charge in [0.15, 0.2) is 0 Å². The molecular formula is C25H29NO3. The van der Waals surface area contributed by atoms with Crippen LogP contribution >= 0.6 is 0 Å². The Hall–Kier alpha value is -2.49. The van der Waals surface area contributed by atoms with E-state index in [2.05, 4.69) is 43.9 Å². The predicted octanol–water partition coefficient (Wildman–Crippen LogP) is 4.66. The van der Waals surface area contributed by atoms with Crippen LogP contribution in [-0.2, 0) is 24.8 Å². The number of carbonyl (C=O) groups excluding carboxylic acids is 1. The lowest BCUT2D eigenvalue weighted by Gasteiger charge is -2.25. The van der Waals surface area contributed by atoms with Crippen molar-refractivity contribution in [1.82, 2.24) is 4.90 Å². The van der Waals surface area contributed by atoms with Crippen LogP contribution in [0, 0.1) is 0 Å². The molecule has 0 bridgehead atoms. The molecule has 0 N–H and O–H groups in total. The zero-order chi connectivity index (χ0) is 20.2. The minimum absolute atomic E-state index is 0.0836. The highest BCUT2D eigenvalue weighted by Gasteiger charge is 2.36. The largest absolute Gasteiger partial charge is 0.493 e. The van der Waals surface area contributed by atoms with Crippen LogP contribution in [-0.4, -0.2) is 30.1 Å². The van der Waals surface area contributed by atoms with Gasteiger partial charge in [-0.25, -0.2) is 0 Å². The van der Waals surface area contributed by atoms with Gasteiger partial charge in [0.2, 0.25) is 0 Å². The highest BCUT2D eigenvalue weighted by molar-refractivity contribution is 5.94. The second-order valence-electron chi connectivity index (χ2n) is 9.51. The Morgan fingerprint density at radius 2 is 1.79 bits per heavy atom. The maximum Gasteiger partial charge on any atom is 0.254 e. The van der Waals surface area contributed by atoms with E-state index in [1.54, 1.807) is 0 Å². The molecular weight excluding hydrogens is 362 g/mol. The standard InChI is InChI=1S/C25H29NO3/c1-25(2,3)18-6-4-16(5-7-18)24(27)26(19-8-9-19)15-21-20-11-13-28-22(20)14-17-10-12-29-23(17)21/h4-7,14,19H,8-13,15H2,1-3H3. The van der Waals surface area contributed by atoms with Crippen LogP contribution in [0.4, 0.5) is 0 Å². The van der Waals surface area contributed by atoms with Gasteiger partial charge in [-0.05, 0) is 42.0 Å². The first-order valence-electron chi connectivity index (χ1n) is 10.8. The third kappa shape index (κ3) is 3.39. The lowest BCUT2D eigenvalue weighted by Crippen LogP contribution is -2.33. The van der Waals surface area contributed by atoms with Gasteiger partial charge in [-0.1, -0.05) is 32.9 Å². The van der Waals surface area contributed by atoms with E-state index in [0.29, 0.717) is 12.6 Å². The van der Waals surface area contributed by atoms with E-state index in [4.69, 9.17) is 9.47 Å². The van der Waals surface area contributed by atoms with Crippen LogP contribution in [0.3, 0.4) is 0 Å². The number of rotatable bonds is 4. The van der Waals surface area contributed by atoms with Crippen LogP contribution in [0.5, 0.6) is 11.5 Å². The molecule has 4 heteroatoms. The van der Waals surface area contributed by atoms with E-state index in [-0.39, 0.29) is 11.3 Å². The first-order valence-corrected chi connectivity index (χ1v) is 10.8. The molecule has 1 amide bonds. The zero-order valence-electron chi connectivity index (χ0n) is 17.6. The molecule has 0 radical (unpaired) electrons. The number of fused-ring (bicyclic) bond motifs is 2. The second-order valence-corrected chi connectivity index (χ2v) is 9.51. The monoisotopic (exact) mass is 391 g/mol. The molecule has 4 nitrogen and oxygen atoms in total. The summed E-state index contributed by atoms with van der Waals surface area (Å²) in [5, 5.41) is 0. The summed E-state index contributed by atoms with van der Waals surface area (Å²) >= 11 is 0. The normalized spacial score (nSPS) is 17.3. The number of benzene rings is 2. The van der Waals surface area contributed by atoms with Crippen molar-refractivity contribution in [3.8, 4) is 11.5 Å². The van der Waals surface area contributed by atoms with E-state index in [1.807, 2.05) is 12.1 Å². The number of nitrogens with zero attached hydrogens (tertiary/aromatic N) is 1. The molecule has 2 heterocycles. The molecule has 2 aliphatic heterocycles. The average Bonchev–Trinajstić information content (AvgIpc) is 3.23. The van der Waals surface area contributed by atoms with E-state index >= 15 is 0 Å². The van der Waals surface area contributed by atoms with Crippen molar-refractivity contribution < 1.29 is 14.3 Å². The first-order chi connectivity index (χ1) is 13.9. The van der Waals surface area contributed by atoms with Crippen LogP contribution in [0.15, 0.2) is 30.3 Å². The Kier molecular flexibility index (Phi) is 4.34. The summed E-state index contributed by atoms with van der Waals surface area (Å²) in [4.78, 5) is 15.5. The molecule has 29 heavy (non-hydrogen) atoms. The van der Waals surface area contributed by atoms with E-state index < -0.39 is 0 Å². The van der Waals surface area contributed by atoms with E-state index in [0.717, 1.165) is 56.0 Å². The molecule has 1 aliphatic carbocycles. The molecule has 0 spiro atoms. The van der Waals surface area contributed by atoms with Crippen molar-refractivity contribution in [3.63, 3.8) is 0 Å². The first kappa shape index (κ1) is 18.5. The van der Waals surface area contributed by atoms with Gasteiger partial charge in [-0.3, -0.25) is 4.79 Å². The summed E-state index contributed by atoms with van der Waals surface area (Å²) in [7, 11) is 0. The minimum Gasteiger partial charge on any atom is -0.493 e. The topological polar surface area (TPSA) is 38.8 Å². The highest BCUT2D eigenvalue weighted by Crippen LogP contribution is 2.42. The van der Waals surface area contributed by atoms with Crippen molar-refractivity contribution in [3.05, 3.63) is 58.1 Å². The van der Waals surface area contributed by atoms with E-state index in [9.17, 15) is 4.79 Å². The summed E-state index contributed by atoms with van der Waals surface area (Å²) in [6, 6.07) is 10.6. The van der Waals surface area contributed by atoms with Gasteiger partial charge in [-0.15, -0.1) is 0 Å². The summed E-state index contributed by atoms with van der Waals surface area (Å²) < 4.78 is 11.9. The van der Waals surface area contributed by atoms with Gasteiger partial charge < -0.3 is 14.4 Å². The lowest BCUT2D eigenvalue weighted by molar-refractivity contribution is 0.0728. The fourth-order valence-electron chi connectivity index (χ4n) is 4.45. The molecule has 2 aromatic carbocycles. The molecule has 0 aromatic heterocycles. The van der Waals surface area contributed by atoms with Crippen molar-refractivity contribution in [2.75, 3.05) is 13.2 Å². The summed E-state index contributed by atoms with van der Waals surface area (Å²) in [5.41, 5.74) is 5.72. The van der Waals surface area contributed by atoms with Crippen LogP contribution in [0.1, 0.15) is 66.2 Å². The minimum atomic E-state index is 0.0836. The van der Waals surface area contributed by atoms with Crippen molar-refractivity contribution in [1.29, 1.82) is 0 Å². The molecule has 1 saturated carbocycles. The molecule has 5 rings (SSSR count). The lowest BCUT2D eigenvalue weighted by atomic mass is 9.86. The van der Waals surface area contributed by atoms with Crippen LogP contribution in [0.2, 0.25) is 0 Å². The quantitative estimate of drug-likeness (QED) is 0.761. The van der Waals surface area contributed by atoms with Gasteiger partial charge in [-0.2, -0.15) is 0 Å². The Labute approximate surface area is 172 Å². The average molecular weight is 392 g/mol. The molecule has 1 fully saturated rings. The number of hydrogen-bond acceptors (Lipinski definition) is 3. The van der Waals surface area contributed by atoms with E-state index in [1.165, 1.54) is 22.3 Å². The third-order valence-electron chi connectivity index (χ3n) is 6.34. The third-order valence-corrected chi connectivity index (χ3v) is 6.34. The van der Waals surface area contributed by atoms with Gasteiger partial charge in [0, 0.05) is 41.1 Å². The van der Waals surface area contributed by atoms with Gasteiger partial charge in [0.05, 0.1) is 19.8 Å². The number of ether oxygens (including phenoxy) is 2. The molecule has 2 aromatic rings. The Balaban J connectivity index is 1.46. The van der Waals surface area contributed by atoms with Crippen molar-refractivity contribution >= 4 is 5.91 Å². The molecule has 0 saturated heterocycles. The highest BCUT2D eigenvalue weighted by atomic mass is 16.5. The number of hydrogen-bond donors (Lipinski definition) is 0. The number of amides is 1. The fourth-order valence-corrected chi connectivity index (χ4v) is 4.45. The summed E-state index contributed by atoms with van der Waals surface area (Å²) in [6.07, 6.45) is 3.99. The molecule has 0 atom stereocenters. The van der Waals surface area contributed by atoms with Gasteiger partial charge >= 0.3 is 0 Å². The van der Waals surface area contributed by atoms with Crippen molar-refractivity contribution in [2.45, 2.75) is 64.5 Å². The van der Waals surface area contributed by atoms with Crippen LogP contribution in [0.25, 0.3) is 0 Å². The predicted molar refractivity (Wildman–Crippen MR) is 113 cm³/mol. The van der Waals surface area contributed by atoms with Gasteiger partial charge in [0.1, 0.15) is 11.5 Å². The molecule has 0 unspecified atom stereocenters. The smallest absolute Gasteiger partial charge is 0.254 e. The Morgan fingerprint density at radius 1 is 1.07 bits per heavy atom. The SMILES string of the molecule is CC(C)(C)c1ccc(C(=O)N(Cc2c3c(cc4c2OCC4)OCC3)C2CC2)cc1. The summed E-state index contributed by atoms with van der Waals surface area (Å²) in [5.74, 6) is 2.11. The van der Waals surface area contributed by atoms with Crippen molar-refractivity contribution in [2.24, 2.45) is 0 Å². The Morgan fingerprint density at radius 3 is 2.48 bits per heavy atom. The summed E-state index contributed by atoms with van der Waals surface area (Å²) in [6.45, 7) is 8.63. The maximum atomic E-state index is 13.4. The second kappa shape index (κ2) is 6.79. The van der Waals surface area contributed by atoms with Crippen LogP contribution < -0.4 is 9.47 Å². The number of carbonyl (C=O) groups is 1. The molecule has 152 valence electrons. The molecule has 3 aliphatic rings. The zero-order valence-corrected chi connectivity index (χ0v) is 17.6. The Bertz CT molecular complexity index is 919. The maximum absolute atomic E-state index is 13.4.